The summed E-state index contributed by atoms with van der Waals surface area (Å²) < 4.78 is 2.49. The van der Waals surface area contributed by atoms with E-state index in [1.54, 1.807) is 11.3 Å². The second kappa shape index (κ2) is 12.4. The third-order valence-electron chi connectivity index (χ3n) is 8.78. The van der Waals surface area contributed by atoms with Gasteiger partial charge in [-0.3, -0.25) is 4.98 Å². The van der Waals surface area contributed by atoms with Crippen molar-refractivity contribution in [2.24, 2.45) is 0 Å². The Kier molecular flexibility index (Phi) is 7.30. The molecule has 3 aromatic heterocycles. The quantitative estimate of drug-likeness (QED) is 0.181. The van der Waals surface area contributed by atoms with Crippen LogP contribution in [-0.4, -0.2) is 19.9 Å². The lowest BCUT2D eigenvalue weighted by molar-refractivity contribution is 1.07. The Morgan fingerprint density at radius 3 is 1.43 bits per heavy atom. The number of hydrogen-bond donors (Lipinski definition) is 0. The average molecular weight is 645 g/mol. The minimum absolute atomic E-state index is 0.629. The molecule has 0 amide bonds. The first-order valence-corrected chi connectivity index (χ1v) is 17.0. The first kappa shape index (κ1) is 28.9. The van der Waals surface area contributed by atoms with Crippen LogP contribution in [0.2, 0.25) is 0 Å². The molecule has 9 aromatic rings. The maximum Gasteiger partial charge on any atom is 0.164 e. The molecule has 0 spiro atoms. The standard InChI is InChI=1S/C44H28N4S/c1-4-12-29(13-5-1)34-26-35(30-20-22-31(23-21-30)40-41-38(24-25-45-40)37-18-10-11-19-39(37)49-41)28-36(27-34)44-47-42(32-14-6-2-7-15-32)46-43(48-44)33-16-8-3-9-17-33/h1-28H. The number of aromatic nitrogens is 4. The Morgan fingerprint density at radius 1 is 0.347 bits per heavy atom. The molecule has 0 unspecified atom stereocenters. The van der Waals surface area contributed by atoms with E-state index in [1.807, 2.05) is 72.9 Å². The number of rotatable bonds is 6. The molecule has 6 aromatic carbocycles. The molecular weight excluding hydrogens is 617 g/mol. The van der Waals surface area contributed by atoms with Crippen molar-refractivity contribution in [3.05, 3.63) is 170 Å². The van der Waals surface area contributed by atoms with Crippen molar-refractivity contribution in [2.45, 2.75) is 0 Å². The van der Waals surface area contributed by atoms with E-state index >= 15 is 0 Å². The Labute approximate surface area is 288 Å². The highest BCUT2D eigenvalue weighted by Gasteiger charge is 2.16. The van der Waals surface area contributed by atoms with Gasteiger partial charge >= 0.3 is 0 Å². The number of benzene rings is 6. The molecule has 9 rings (SSSR count). The van der Waals surface area contributed by atoms with Gasteiger partial charge < -0.3 is 0 Å². The van der Waals surface area contributed by atoms with Crippen molar-refractivity contribution in [3.63, 3.8) is 0 Å². The Bertz CT molecular complexity index is 2520. The van der Waals surface area contributed by atoms with Crippen molar-refractivity contribution < 1.29 is 0 Å². The number of pyridine rings is 1. The van der Waals surface area contributed by atoms with Gasteiger partial charge in [-0.15, -0.1) is 11.3 Å². The number of nitrogens with zero attached hydrogens (tertiary/aromatic N) is 4. The van der Waals surface area contributed by atoms with Crippen LogP contribution in [0.4, 0.5) is 0 Å². The third kappa shape index (κ3) is 5.56. The lowest BCUT2D eigenvalue weighted by Crippen LogP contribution is -2.00. The molecule has 0 bridgehead atoms. The van der Waals surface area contributed by atoms with Crippen LogP contribution in [0.15, 0.2) is 170 Å². The van der Waals surface area contributed by atoms with Crippen molar-refractivity contribution in [1.29, 1.82) is 0 Å². The van der Waals surface area contributed by atoms with Crippen LogP contribution in [0.25, 0.3) is 87.8 Å². The second-order valence-electron chi connectivity index (χ2n) is 11.9. The summed E-state index contributed by atoms with van der Waals surface area (Å²) in [4.78, 5) is 19.8. The van der Waals surface area contributed by atoms with E-state index in [4.69, 9.17) is 19.9 Å². The summed E-state index contributed by atoms with van der Waals surface area (Å²) in [5.74, 6) is 1.91. The summed E-state index contributed by atoms with van der Waals surface area (Å²) in [7, 11) is 0. The van der Waals surface area contributed by atoms with Gasteiger partial charge in [0.15, 0.2) is 17.5 Å². The summed E-state index contributed by atoms with van der Waals surface area (Å²) >= 11 is 1.80. The van der Waals surface area contributed by atoms with E-state index in [0.29, 0.717) is 17.5 Å². The molecule has 0 aliphatic rings. The molecule has 4 nitrogen and oxygen atoms in total. The zero-order valence-electron chi connectivity index (χ0n) is 26.4. The largest absolute Gasteiger partial charge is 0.255 e. The van der Waals surface area contributed by atoms with Gasteiger partial charge in [0.2, 0.25) is 0 Å². The molecule has 230 valence electrons. The number of hydrogen-bond acceptors (Lipinski definition) is 5. The van der Waals surface area contributed by atoms with Gasteiger partial charge in [0.1, 0.15) is 0 Å². The summed E-state index contributed by atoms with van der Waals surface area (Å²) in [6, 6.07) is 56.7. The lowest BCUT2D eigenvalue weighted by Gasteiger charge is -2.13. The first-order valence-electron chi connectivity index (χ1n) is 16.2. The summed E-state index contributed by atoms with van der Waals surface area (Å²) in [5, 5.41) is 2.52. The van der Waals surface area contributed by atoms with Crippen LogP contribution in [-0.2, 0) is 0 Å². The van der Waals surface area contributed by atoms with Gasteiger partial charge in [-0.05, 0) is 52.6 Å². The van der Waals surface area contributed by atoms with E-state index in [9.17, 15) is 0 Å². The predicted molar refractivity (Wildman–Crippen MR) is 203 cm³/mol. The zero-order chi connectivity index (χ0) is 32.6. The summed E-state index contributed by atoms with van der Waals surface area (Å²) in [6.07, 6.45) is 1.92. The molecule has 0 aliphatic heterocycles. The topological polar surface area (TPSA) is 51.6 Å². The maximum absolute atomic E-state index is 5.04. The second-order valence-corrected chi connectivity index (χ2v) is 13.0. The molecule has 0 aliphatic carbocycles. The Morgan fingerprint density at radius 2 is 0.816 bits per heavy atom. The summed E-state index contributed by atoms with van der Waals surface area (Å²) in [5.41, 5.74) is 9.33. The molecule has 49 heavy (non-hydrogen) atoms. The fourth-order valence-electron chi connectivity index (χ4n) is 6.34. The highest BCUT2D eigenvalue weighted by atomic mass is 32.1. The van der Waals surface area contributed by atoms with E-state index < -0.39 is 0 Å². The molecule has 0 saturated carbocycles. The van der Waals surface area contributed by atoms with Gasteiger partial charge in [-0.1, -0.05) is 133 Å². The van der Waals surface area contributed by atoms with E-state index in [2.05, 4.69) is 97.1 Å². The minimum Gasteiger partial charge on any atom is -0.255 e. The highest BCUT2D eigenvalue weighted by Crippen LogP contribution is 2.39. The molecule has 0 saturated heterocycles. The SMILES string of the molecule is c1ccc(-c2cc(-c3ccc(-c4nccc5c4sc4ccccc45)cc3)cc(-c3nc(-c4ccccc4)nc(-c4ccccc4)n3)c2)cc1. The van der Waals surface area contributed by atoms with Gasteiger partial charge in [-0.25, -0.2) is 15.0 Å². The van der Waals surface area contributed by atoms with Crippen molar-refractivity contribution >= 4 is 31.5 Å². The molecule has 0 radical (unpaired) electrons. The van der Waals surface area contributed by atoms with Crippen molar-refractivity contribution in [1.82, 2.24) is 19.9 Å². The molecule has 5 heteroatoms. The monoisotopic (exact) mass is 644 g/mol. The molecule has 0 atom stereocenters. The van der Waals surface area contributed by atoms with E-state index in [0.717, 1.165) is 50.2 Å². The van der Waals surface area contributed by atoms with Gasteiger partial charge in [0.05, 0.1) is 10.4 Å². The van der Waals surface area contributed by atoms with Crippen molar-refractivity contribution in [3.8, 4) is 67.7 Å². The molecule has 0 N–H and O–H groups in total. The average Bonchev–Trinajstić information content (AvgIpc) is 3.58. The molecule has 0 fully saturated rings. The number of thiophene rings is 1. The summed E-state index contributed by atoms with van der Waals surface area (Å²) in [6.45, 7) is 0. The van der Waals surface area contributed by atoms with E-state index in [1.165, 1.54) is 20.2 Å². The fourth-order valence-corrected chi connectivity index (χ4v) is 7.55. The predicted octanol–water partition coefficient (Wildman–Crippen LogP) is 11.6. The smallest absolute Gasteiger partial charge is 0.164 e. The lowest BCUT2D eigenvalue weighted by atomic mass is 9.95. The molecular formula is C44H28N4S. The van der Waals surface area contributed by atoms with Crippen LogP contribution in [0.5, 0.6) is 0 Å². The van der Waals surface area contributed by atoms with Gasteiger partial charge in [0, 0.05) is 43.9 Å². The van der Waals surface area contributed by atoms with E-state index in [-0.39, 0.29) is 0 Å². The Balaban J connectivity index is 1.18. The zero-order valence-corrected chi connectivity index (χ0v) is 27.2. The minimum atomic E-state index is 0.629. The van der Waals surface area contributed by atoms with Crippen LogP contribution in [0.1, 0.15) is 0 Å². The number of fused-ring (bicyclic) bond motifs is 3. The Hall–Kier alpha value is -6.30. The maximum atomic E-state index is 5.04. The van der Waals surface area contributed by atoms with Crippen LogP contribution in [0, 0.1) is 0 Å². The fraction of sp³-hybridized carbons (Fsp3) is 0. The van der Waals surface area contributed by atoms with Crippen molar-refractivity contribution in [2.75, 3.05) is 0 Å². The third-order valence-corrected chi connectivity index (χ3v) is 9.98. The van der Waals surface area contributed by atoms with Crippen LogP contribution in [0.3, 0.4) is 0 Å². The highest BCUT2D eigenvalue weighted by molar-refractivity contribution is 7.26. The normalized spacial score (nSPS) is 11.3. The van der Waals surface area contributed by atoms with Gasteiger partial charge in [-0.2, -0.15) is 0 Å². The van der Waals surface area contributed by atoms with Gasteiger partial charge in [0.25, 0.3) is 0 Å². The first-order chi connectivity index (χ1) is 24.3. The van der Waals surface area contributed by atoms with Crippen LogP contribution >= 0.6 is 11.3 Å². The van der Waals surface area contributed by atoms with Crippen LogP contribution < -0.4 is 0 Å². The molecule has 3 heterocycles.